The van der Waals surface area contributed by atoms with Crippen LogP contribution >= 0.6 is 28.3 Å². The molecule has 0 saturated carbocycles. The van der Waals surface area contributed by atoms with E-state index >= 15 is 0 Å². The van der Waals surface area contributed by atoms with E-state index in [0.29, 0.717) is 0 Å². The van der Waals surface area contributed by atoms with Gasteiger partial charge in [-0.05, 0) is 52.7 Å². The summed E-state index contributed by atoms with van der Waals surface area (Å²) in [6.45, 7) is 3.13. The van der Waals surface area contributed by atoms with Crippen molar-refractivity contribution in [2.24, 2.45) is 0 Å². The number of ether oxygens (including phenoxy) is 2. The molecule has 3 rings (SSSR count). The molecule has 1 aromatic heterocycles. The van der Waals surface area contributed by atoms with Crippen LogP contribution < -0.4 is 14.8 Å². The Kier molecular flexibility index (Phi) is 5.45. The highest BCUT2D eigenvalue weighted by molar-refractivity contribution is 9.10. The average molecular weight is 372 g/mol. The van der Waals surface area contributed by atoms with Crippen LogP contribution in [0.2, 0.25) is 0 Å². The lowest BCUT2D eigenvalue weighted by molar-refractivity contribution is 0.173. The molecule has 4 nitrogen and oxygen atoms in total. The highest BCUT2D eigenvalue weighted by Gasteiger charge is 2.18. The lowest BCUT2D eigenvalue weighted by Gasteiger charge is -2.13. The molecular formula is C15H16BrClN2O2. The van der Waals surface area contributed by atoms with Gasteiger partial charge >= 0.3 is 0 Å². The molecule has 1 aliphatic rings. The van der Waals surface area contributed by atoms with E-state index in [1.807, 2.05) is 36.5 Å². The van der Waals surface area contributed by atoms with Crippen LogP contribution in [-0.4, -0.2) is 11.8 Å². The van der Waals surface area contributed by atoms with Gasteiger partial charge in [-0.15, -0.1) is 12.4 Å². The summed E-state index contributed by atoms with van der Waals surface area (Å²) in [7, 11) is 0. The summed E-state index contributed by atoms with van der Waals surface area (Å²) < 4.78 is 11.7. The van der Waals surface area contributed by atoms with Gasteiger partial charge in [0, 0.05) is 18.8 Å². The molecule has 1 atom stereocenters. The van der Waals surface area contributed by atoms with E-state index in [0.717, 1.165) is 33.8 Å². The fourth-order valence-corrected chi connectivity index (χ4v) is 2.73. The van der Waals surface area contributed by atoms with Crippen molar-refractivity contribution < 1.29 is 9.47 Å². The van der Waals surface area contributed by atoms with Crippen LogP contribution in [-0.2, 0) is 6.54 Å². The van der Waals surface area contributed by atoms with Crippen LogP contribution in [0.4, 0.5) is 0 Å². The van der Waals surface area contributed by atoms with Gasteiger partial charge in [0.15, 0.2) is 11.5 Å². The van der Waals surface area contributed by atoms with E-state index in [-0.39, 0.29) is 25.2 Å². The Balaban J connectivity index is 0.00000161. The molecule has 0 bridgehead atoms. The molecule has 1 N–H and O–H groups in total. The summed E-state index contributed by atoms with van der Waals surface area (Å²) in [6, 6.07) is 10.2. The molecule has 0 amide bonds. The first kappa shape index (κ1) is 16.1. The normalized spacial score (nSPS) is 13.6. The first-order chi connectivity index (χ1) is 9.74. The molecule has 0 fully saturated rings. The minimum atomic E-state index is 0. The molecule has 1 aliphatic heterocycles. The number of rotatable bonds is 4. The first-order valence-electron chi connectivity index (χ1n) is 6.46. The molecule has 112 valence electrons. The molecule has 6 heteroatoms. The first-order valence-corrected chi connectivity index (χ1v) is 7.25. The molecule has 0 aliphatic carbocycles. The smallest absolute Gasteiger partial charge is 0.231 e. The minimum absolute atomic E-state index is 0. The summed E-state index contributed by atoms with van der Waals surface area (Å²) in [5.41, 5.74) is 2.18. The third-order valence-electron chi connectivity index (χ3n) is 3.23. The fourth-order valence-electron chi connectivity index (χ4n) is 2.13. The molecule has 2 heterocycles. The van der Waals surface area contributed by atoms with Gasteiger partial charge < -0.3 is 14.8 Å². The van der Waals surface area contributed by atoms with Gasteiger partial charge in [0.25, 0.3) is 0 Å². The van der Waals surface area contributed by atoms with E-state index in [4.69, 9.17) is 9.47 Å². The number of nitrogens with one attached hydrogen (secondary N) is 1. The number of pyridine rings is 1. The third kappa shape index (κ3) is 3.67. The van der Waals surface area contributed by atoms with E-state index < -0.39 is 0 Å². The summed E-state index contributed by atoms with van der Waals surface area (Å²) in [5.74, 6) is 1.58. The average Bonchev–Trinajstić information content (AvgIpc) is 2.94. The number of fused-ring (bicyclic) bond motifs is 1. The van der Waals surface area contributed by atoms with Crippen molar-refractivity contribution in [3.63, 3.8) is 0 Å². The molecule has 0 saturated heterocycles. The van der Waals surface area contributed by atoms with Gasteiger partial charge in [-0.2, -0.15) is 0 Å². The predicted octanol–water partition coefficient (Wildman–Crippen LogP) is 3.85. The molecule has 1 unspecified atom stereocenters. The minimum Gasteiger partial charge on any atom is -0.454 e. The second-order valence-corrected chi connectivity index (χ2v) is 5.52. The van der Waals surface area contributed by atoms with Crippen LogP contribution in [0.15, 0.2) is 41.0 Å². The third-order valence-corrected chi connectivity index (χ3v) is 3.82. The van der Waals surface area contributed by atoms with Gasteiger partial charge in [0.2, 0.25) is 6.79 Å². The lowest BCUT2D eigenvalue weighted by Crippen LogP contribution is -2.18. The standard InChI is InChI=1S/C15H15BrN2O2.ClH/c1-10(13-4-2-3-5-17-13)18-8-11-6-12(16)15-14(7-11)19-9-20-15;/h2-7,10,18H,8-9H2,1H3;1H. The van der Waals surface area contributed by atoms with E-state index in [2.05, 4.69) is 33.2 Å². The van der Waals surface area contributed by atoms with Crippen molar-refractivity contribution in [2.45, 2.75) is 19.5 Å². The zero-order valence-electron chi connectivity index (χ0n) is 11.5. The van der Waals surface area contributed by atoms with Crippen molar-refractivity contribution in [2.75, 3.05) is 6.79 Å². The van der Waals surface area contributed by atoms with Crippen LogP contribution in [0.25, 0.3) is 0 Å². The van der Waals surface area contributed by atoms with Crippen LogP contribution in [0, 0.1) is 0 Å². The Morgan fingerprint density at radius 2 is 2.19 bits per heavy atom. The topological polar surface area (TPSA) is 43.4 Å². The molecule has 0 radical (unpaired) electrons. The Hall–Kier alpha value is -1.30. The number of aromatic nitrogens is 1. The predicted molar refractivity (Wildman–Crippen MR) is 87.0 cm³/mol. The van der Waals surface area contributed by atoms with Crippen LogP contribution in [0.5, 0.6) is 11.5 Å². The molecular weight excluding hydrogens is 356 g/mol. The van der Waals surface area contributed by atoms with E-state index in [9.17, 15) is 0 Å². The summed E-state index contributed by atoms with van der Waals surface area (Å²) in [4.78, 5) is 4.35. The maximum atomic E-state index is 5.42. The Labute approximate surface area is 138 Å². The molecule has 2 aromatic rings. The summed E-state index contributed by atoms with van der Waals surface area (Å²) in [5, 5.41) is 3.45. The van der Waals surface area contributed by atoms with Crippen molar-refractivity contribution in [3.8, 4) is 11.5 Å². The number of hydrogen-bond acceptors (Lipinski definition) is 4. The van der Waals surface area contributed by atoms with Gasteiger partial charge in [0.1, 0.15) is 0 Å². The van der Waals surface area contributed by atoms with E-state index in [1.54, 1.807) is 0 Å². The Bertz CT molecular complexity index is 610. The van der Waals surface area contributed by atoms with Gasteiger partial charge in [-0.1, -0.05) is 6.07 Å². The van der Waals surface area contributed by atoms with Crippen LogP contribution in [0.1, 0.15) is 24.2 Å². The van der Waals surface area contributed by atoms with Crippen LogP contribution in [0.3, 0.4) is 0 Å². The second kappa shape index (κ2) is 7.11. The SMILES string of the molecule is CC(NCc1cc(Br)c2c(c1)OCO2)c1ccccn1.Cl. The number of benzene rings is 1. The Morgan fingerprint density at radius 1 is 1.33 bits per heavy atom. The highest BCUT2D eigenvalue weighted by Crippen LogP contribution is 2.40. The second-order valence-electron chi connectivity index (χ2n) is 4.67. The van der Waals surface area contributed by atoms with Gasteiger partial charge in [0.05, 0.1) is 10.2 Å². The van der Waals surface area contributed by atoms with Crippen molar-refractivity contribution in [1.29, 1.82) is 0 Å². The number of nitrogens with zero attached hydrogens (tertiary/aromatic N) is 1. The number of hydrogen-bond donors (Lipinski definition) is 1. The largest absolute Gasteiger partial charge is 0.454 e. The summed E-state index contributed by atoms with van der Waals surface area (Å²) in [6.07, 6.45) is 1.81. The van der Waals surface area contributed by atoms with Crippen molar-refractivity contribution in [1.82, 2.24) is 10.3 Å². The zero-order valence-corrected chi connectivity index (χ0v) is 13.9. The monoisotopic (exact) mass is 370 g/mol. The highest BCUT2D eigenvalue weighted by atomic mass is 79.9. The van der Waals surface area contributed by atoms with Crippen molar-refractivity contribution >= 4 is 28.3 Å². The molecule has 1 aromatic carbocycles. The summed E-state index contributed by atoms with van der Waals surface area (Å²) >= 11 is 3.50. The Morgan fingerprint density at radius 3 is 2.95 bits per heavy atom. The zero-order chi connectivity index (χ0) is 13.9. The lowest BCUT2D eigenvalue weighted by atomic mass is 10.1. The van der Waals surface area contributed by atoms with E-state index in [1.165, 1.54) is 0 Å². The van der Waals surface area contributed by atoms with Crippen molar-refractivity contribution in [3.05, 3.63) is 52.3 Å². The molecule has 21 heavy (non-hydrogen) atoms. The maximum Gasteiger partial charge on any atom is 0.231 e. The number of halogens is 2. The molecule has 0 spiro atoms. The fraction of sp³-hybridized carbons (Fsp3) is 0.267. The van der Waals surface area contributed by atoms with Gasteiger partial charge in [-0.3, -0.25) is 4.98 Å². The quantitative estimate of drug-likeness (QED) is 0.886. The maximum absolute atomic E-state index is 5.42. The van der Waals surface area contributed by atoms with Gasteiger partial charge in [-0.25, -0.2) is 0 Å².